The van der Waals surface area contributed by atoms with Gasteiger partial charge in [-0.3, -0.25) is 0 Å². The molecule has 0 fully saturated rings. The number of rotatable bonds is 8. The molecule has 5 aliphatic rings. The van der Waals surface area contributed by atoms with Crippen LogP contribution in [-0.4, -0.2) is 29.2 Å². The molecule has 0 N–H and O–H groups in total. The van der Waals surface area contributed by atoms with Crippen LogP contribution in [0, 0.1) is 18.3 Å². The van der Waals surface area contributed by atoms with Gasteiger partial charge in [0, 0.05) is 52.6 Å². The third-order valence-corrected chi connectivity index (χ3v) is 14.6. The molecule has 5 aromatic carbocycles. The molecule has 5 nitrogen and oxygen atoms in total. The van der Waals surface area contributed by atoms with Crippen molar-refractivity contribution in [2.45, 2.75) is 84.3 Å². The molecule has 0 saturated carbocycles. The monoisotopic (exact) mass is 771 g/mol. The zero-order chi connectivity index (χ0) is 40.0. The van der Waals surface area contributed by atoms with Crippen molar-refractivity contribution < 1.29 is 0 Å². The summed E-state index contributed by atoms with van der Waals surface area (Å²) in [5.74, 6) is 2.58. The van der Waals surface area contributed by atoms with Crippen molar-refractivity contribution in [3.05, 3.63) is 166 Å². The predicted molar refractivity (Wildman–Crippen MR) is 246 cm³/mol. The summed E-state index contributed by atoms with van der Waals surface area (Å²) in [4.78, 5) is 18.4. The van der Waals surface area contributed by atoms with Crippen LogP contribution in [-0.2, 0) is 12.8 Å². The number of aryl methyl sites for hydroxylation is 1. The predicted octanol–water partition coefficient (Wildman–Crippen LogP) is 12.9. The van der Waals surface area contributed by atoms with E-state index in [-0.39, 0.29) is 17.6 Å². The van der Waals surface area contributed by atoms with Crippen molar-refractivity contribution in [2.75, 3.05) is 21.7 Å². The molecule has 0 amide bonds. The molecule has 5 atom stereocenters. The van der Waals surface area contributed by atoms with Gasteiger partial charge in [-0.1, -0.05) is 123 Å². The first kappa shape index (κ1) is 36.2. The van der Waals surface area contributed by atoms with E-state index in [2.05, 4.69) is 183 Å². The van der Waals surface area contributed by atoms with E-state index in [1.165, 1.54) is 80.0 Å². The third kappa shape index (κ3) is 5.36. The topological polar surface area (TPSA) is 35.5 Å². The number of hydrogen-bond donors (Lipinski definition) is 0. The Balaban J connectivity index is 1.03. The van der Waals surface area contributed by atoms with Crippen LogP contribution in [0.5, 0.6) is 0 Å². The van der Waals surface area contributed by atoms with Crippen LogP contribution in [0.15, 0.2) is 128 Å². The van der Waals surface area contributed by atoms with Crippen LogP contribution in [0.1, 0.15) is 91.3 Å². The van der Waals surface area contributed by atoms with E-state index in [9.17, 15) is 0 Å². The molecule has 0 saturated heterocycles. The summed E-state index contributed by atoms with van der Waals surface area (Å²) in [7, 11) is 2.28. The number of aromatic nitrogens is 2. The summed E-state index contributed by atoms with van der Waals surface area (Å²) in [5.41, 5.74) is 18.5. The first-order valence-electron chi connectivity index (χ1n) is 22.0. The van der Waals surface area contributed by atoms with Gasteiger partial charge in [0.1, 0.15) is 11.9 Å². The van der Waals surface area contributed by atoms with E-state index in [1.807, 2.05) is 0 Å². The summed E-state index contributed by atoms with van der Waals surface area (Å²) in [6.45, 7) is 9.33. The number of unbranched alkanes of at least 4 members (excludes halogenated alkanes) is 1. The maximum absolute atomic E-state index is 5.46. The Morgan fingerprint density at radius 1 is 0.763 bits per heavy atom. The third-order valence-electron chi connectivity index (χ3n) is 14.6. The standard InChI is InChI=1S/C54H53N5/c1-6-8-17-37-21-16-23-41(35(37)4)51-55-33-49-52(56-51)57(5)53-54(7-2)32-45(50(54)44-30-36-26-27-48(59(49)53)43(44)29-36)42-22-13-15-25-47(42)58-34(3)28-40(38-18-10-9-11-19-38)31-39-20-12-14-24-46(39)58/h9-16,18-27,29,31-34,44,50,53H,6-8,17,28,30H2,1-5H3. The van der Waals surface area contributed by atoms with Gasteiger partial charge < -0.3 is 14.7 Å². The second-order valence-corrected chi connectivity index (χ2v) is 17.7. The fraction of sp³-hybridized carbons (Fsp3) is 0.296. The molecule has 1 aromatic heterocycles. The molecule has 3 aliphatic heterocycles. The highest BCUT2D eigenvalue weighted by molar-refractivity contribution is 5.94. The molecule has 6 aromatic rings. The van der Waals surface area contributed by atoms with Crippen molar-refractivity contribution in [1.82, 2.24) is 9.97 Å². The Kier molecular flexibility index (Phi) is 8.48. The number of para-hydroxylation sites is 2. The molecule has 59 heavy (non-hydrogen) atoms. The van der Waals surface area contributed by atoms with Crippen molar-refractivity contribution in [3.63, 3.8) is 0 Å². The van der Waals surface area contributed by atoms with Crippen LogP contribution in [0.4, 0.5) is 28.6 Å². The fourth-order valence-corrected chi connectivity index (χ4v) is 11.8. The van der Waals surface area contributed by atoms with Crippen LogP contribution in [0.2, 0.25) is 0 Å². The highest BCUT2D eigenvalue weighted by atomic mass is 15.5. The Labute approximate surface area is 349 Å². The van der Waals surface area contributed by atoms with Crippen LogP contribution in [0.25, 0.3) is 28.6 Å². The van der Waals surface area contributed by atoms with Gasteiger partial charge in [0.15, 0.2) is 11.6 Å². The number of allylic oxidation sites excluding steroid dienone is 1. The second-order valence-electron chi connectivity index (χ2n) is 17.7. The Morgan fingerprint density at radius 3 is 2.37 bits per heavy atom. The molecule has 0 spiro atoms. The van der Waals surface area contributed by atoms with Gasteiger partial charge in [-0.05, 0) is 121 Å². The fourth-order valence-electron chi connectivity index (χ4n) is 11.8. The van der Waals surface area contributed by atoms with Gasteiger partial charge in [-0.15, -0.1) is 0 Å². The summed E-state index contributed by atoms with van der Waals surface area (Å²) in [6.07, 6.45) is 13.8. The molecule has 5 unspecified atom stereocenters. The lowest BCUT2D eigenvalue weighted by Gasteiger charge is -2.55. The van der Waals surface area contributed by atoms with Gasteiger partial charge in [-0.2, -0.15) is 0 Å². The minimum atomic E-state index is -0.107. The quantitative estimate of drug-likeness (QED) is 0.154. The Bertz CT molecular complexity index is 2690. The van der Waals surface area contributed by atoms with Gasteiger partial charge in [-0.25, -0.2) is 9.97 Å². The molecule has 5 heteroatoms. The molecule has 2 bridgehead atoms. The average molecular weight is 772 g/mol. The lowest BCUT2D eigenvalue weighted by Crippen LogP contribution is -2.58. The molecule has 4 heterocycles. The molecule has 294 valence electrons. The average Bonchev–Trinajstić information content (AvgIpc) is 3.65. The maximum atomic E-state index is 5.46. The SMILES string of the molecule is CCCCc1cccc(-c2ncc3c(n2)N(C)C2N3c3ccc4cc3C(C4)C3C(c4ccccc4N4c5ccccc5C=C(c5ccccc5)CC4C)=CC32CC)c1C. The molecular weight excluding hydrogens is 719 g/mol. The zero-order valence-corrected chi connectivity index (χ0v) is 35.0. The Hall–Kier alpha value is -5.94. The van der Waals surface area contributed by atoms with Gasteiger partial charge in [0.2, 0.25) is 0 Å². The summed E-state index contributed by atoms with van der Waals surface area (Å²) in [6, 6.07) is 43.4. The normalized spacial score (nSPS) is 23.3. The molecular formula is C54H53N5. The number of fused-ring (bicyclic) bond motifs is 9. The van der Waals surface area contributed by atoms with E-state index in [1.54, 1.807) is 0 Å². The summed E-state index contributed by atoms with van der Waals surface area (Å²) >= 11 is 0. The van der Waals surface area contributed by atoms with Crippen molar-refractivity contribution in [1.29, 1.82) is 0 Å². The summed E-state index contributed by atoms with van der Waals surface area (Å²) < 4.78 is 0. The van der Waals surface area contributed by atoms with Gasteiger partial charge >= 0.3 is 0 Å². The lowest BCUT2D eigenvalue weighted by atomic mass is 9.52. The Morgan fingerprint density at radius 2 is 1.54 bits per heavy atom. The minimum absolute atomic E-state index is 0.0770. The summed E-state index contributed by atoms with van der Waals surface area (Å²) in [5, 5.41) is 0. The number of benzene rings is 5. The molecule has 0 radical (unpaired) electrons. The highest BCUT2D eigenvalue weighted by Crippen LogP contribution is 2.69. The van der Waals surface area contributed by atoms with Crippen LogP contribution >= 0.6 is 0 Å². The molecule has 2 aliphatic carbocycles. The number of anilines is 5. The number of nitrogens with zero attached hydrogens (tertiary/aromatic N) is 5. The first-order valence-corrected chi connectivity index (χ1v) is 22.0. The number of hydrogen-bond acceptors (Lipinski definition) is 5. The lowest BCUT2D eigenvalue weighted by molar-refractivity contribution is 0.171. The van der Waals surface area contributed by atoms with E-state index in [0.717, 1.165) is 48.6 Å². The zero-order valence-electron chi connectivity index (χ0n) is 35.0. The van der Waals surface area contributed by atoms with Crippen LogP contribution in [0.3, 0.4) is 0 Å². The maximum Gasteiger partial charge on any atom is 0.161 e. The molecule has 11 rings (SSSR count). The van der Waals surface area contributed by atoms with Crippen LogP contribution < -0.4 is 14.7 Å². The van der Waals surface area contributed by atoms with Crippen molar-refractivity contribution >= 4 is 45.8 Å². The first-order chi connectivity index (χ1) is 28.9. The smallest absolute Gasteiger partial charge is 0.161 e. The van der Waals surface area contributed by atoms with E-state index in [4.69, 9.17) is 9.97 Å². The largest absolute Gasteiger partial charge is 0.337 e. The van der Waals surface area contributed by atoms with E-state index in [0.29, 0.717) is 11.8 Å². The van der Waals surface area contributed by atoms with E-state index >= 15 is 0 Å². The van der Waals surface area contributed by atoms with Gasteiger partial charge in [0.25, 0.3) is 0 Å². The van der Waals surface area contributed by atoms with Crippen molar-refractivity contribution in [2.24, 2.45) is 11.3 Å². The minimum Gasteiger partial charge on any atom is -0.337 e. The van der Waals surface area contributed by atoms with Gasteiger partial charge in [0.05, 0.1) is 6.20 Å². The van der Waals surface area contributed by atoms with E-state index < -0.39 is 0 Å². The second kappa shape index (κ2) is 13.8. The van der Waals surface area contributed by atoms with Crippen molar-refractivity contribution in [3.8, 4) is 11.4 Å². The highest BCUT2D eigenvalue weighted by Gasteiger charge is 2.63.